The fourth-order valence-electron chi connectivity index (χ4n) is 2.35. The molecule has 0 amide bonds. The Morgan fingerprint density at radius 2 is 2.20 bits per heavy atom. The van der Waals surface area contributed by atoms with Crippen molar-refractivity contribution in [2.45, 2.75) is 71.1 Å². The lowest BCUT2D eigenvalue weighted by atomic mass is 10.0. The van der Waals surface area contributed by atoms with E-state index >= 15 is 0 Å². The maximum absolute atomic E-state index is 12.5. The Morgan fingerprint density at radius 1 is 1.44 bits per heavy atom. The first-order valence-corrected chi connectivity index (χ1v) is 8.96. The monoisotopic (exact) mass is 344 g/mol. The molecule has 1 saturated heterocycles. The van der Waals surface area contributed by atoms with E-state index in [9.17, 15) is 4.79 Å². The third-order valence-electron chi connectivity index (χ3n) is 3.73. The summed E-state index contributed by atoms with van der Waals surface area (Å²) in [7, 11) is 0. The fourth-order valence-corrected chi connectivity index (χ4v) is 2.35. The van der Waals surface area contributed by atoms with Gasteiger partial charge in [0.1, 0.15) is 11.4 Å². The van der Waals surface area contributed by atoms with E-state index in [-0.39, 0.29) is 12.0 Å². The number of hydrogen-bond acceptors (Lipinski definition) is 5. The van der Waals surface area contributed by atoms with Crippen LogP contribution < -0.4 is 10.1 Å². The van der Waals surface area contributed by atoms with E-state index in [1.165, 1.54) is 0 Å². The summed E-state index contributed by atoms with van der Waals surface area (Å²) in [4.78, 5) is 16.7. The largest absolute Gasteiger partial charge is 0.475 e. The highest BCUT2D eigenvalue weighted by molar-refractivity contribution is 5.76. The van der Waals surface area contributed by atoms with Crippen molar-refractivity contribution < 1.29 is 14.3 Å². The third kappa shape index (κ3) is 6.39. The zero-order valence-corrected chi connectivity index (χ0v) is 15.6. The van der Waals surface area contributed by atoms with Crippen molar-refractivity contribution in [1.82, 2.24) is 10.3 Å². The number of aromatic nitrogens is 1. The smallest absolute Gasteiger partial charge is 0.349 e. The van der Waals surface area contributed by atoms with E-state index in [0.717, 1.165) is 37.8 Å². The number of carbonyl (C=O) groups excluding carboxylic acids is 1. The van der Waals surface area contributed by atoms with Gasteiger partial charge in [0.25, 0.3) is 0 Å². The molecule has 1 N–H and O–H groups in total. The molecule has 0 aromatic carbocycles. The second-order valence-corrected chi connectivity index (χ2v) is 7.24. The fraction of sp³-hybridized carbons (Fsp3) is 0.600. The second-order valence-electron chi connectivity index (χ2n) is 7.24. The van der Waals surface area contributed by atoms with Crippen LogP contribution in [0.5, 0.6) is 5.75 Å². The van der Waals surface area contributed by atoms with Gasteiger partial charge in [-0.3, -0.25) is 4.98 Å². The van der Waals surface area contributed by atoms with Gasteiger partial charge in [-0.25, -0.2) is 4.79 Å². The molecule has 0 spiro atoms. The summed E-state index contributed by atoms with van der Waals surface area (Å²) < 4.78 is 11.4. The van der Waals surface area contributed by atoms with Crippen LogP contribution in [0.2, 0.25) is 0 Å². The minimum atomic E-state index is -0.682. The van der Waals surface area contributed by atoms with Gasteiger partial charge in [0.15, 0.2) is 0 Å². The molecule has 2 rings (SSSR count). The Balaban J connectivity index is 2.07. The standard InChI is InChI=1S/C20H28N2O3/c1-5-6-7-8-9-15-12-16(14-21-13-15)24-18(17-10-11-22-17)19(23)25-20(2,3)4/h12-14,17-18,22H,5-7,10-11H2,1-4H3/t17-,18?/m0/s1. The number of ether oxygens (including phenoxy) is 2. The number of unbranched alkanes of at least 4 members (excludes halogenated alkanes) is 2. The summed E-state index contributed by atoms with van der Waals surface area (Å²) in [5, 5.41) is 3.22. The number of carbonyl (C=O) groups is 1. The summed E-state index contributed by atoms with van der Waals surface area (Å²) in [6.07, 6.45) is 6.59. The maximum atomic E-state index is 12.5. The van der Waals surface area contributed by atoms with Gasteiger partial charge in [0, 0.05) is 18.2 Å². The molecule has 0 saturated carbocycles. The Morgan fingerprint density at radius 3 is 2.80 bits per heavy atom. The van der Waals surface area contributed by atoms with Gasteiger partial charge >= 0.3 is 5.97 Å². The van der Waals surface area contributed by atoms with Crippen molar-refractivity contribution in [3.05, 3.63) is 24.0 Å². The van der Waals surface area contributed by atoms with Gasteiger partial charge in [-0.2, -0.15) is 0 Å². The zero-order chi connectivity index (χ0) is 18.3. The van der Waals surface area contributed by atoms with Gasteiger partial charge in [0.05, 0.1) is 12.2 Å². The van der Waals surface area contributed by atoms with E-state index in [1.54, 1.807) is 12.4 Å². The third-order valence-corrected chi connectivity index (χ3v) is 3.73. The molecule has 1 aliphatic rings. The zero-order valence-electron chi connectivity index (χ0n) is 15.6. The molecule has 1 unspecified atom stereocenters. The average molecular weight is 344 g/mol. The summed E-state index contributed by atoms with van der Waals surface area (Å²) in [6, 6.07) is 1.79. The van der Waals surface area contributed by atoms with Crippen molar-refractivity contribution in [2.24, 2.45) is 0 Å². The Hall–Kier alpha value is -2.06. The number of esters is 1. The predicted molar refractivity (Wildman–Crippen MR) is 97.3 cm³/mol. The maximum Gasteiger partial charge on any atom is 0.349 e. The first-order valence-electron chi connectivity index (χ1n) is 8.96. The Kier molecular flexibility index (Phi) is 6.83. The first kappa shape index (κ1) is 19.3. The van der Waals surface area contributed by atoms with Gasteiger partial charge in [-0.1, -0.05) is 25.2 Å². The predicted octanol–water partition coefficient (Wildman–Crippen LogP) is 3.07. The number of nitrogens with one attached hydrogen (secondary N) is 1. The van der Waals surface area contributed by atoms with Crippen LogP contribution in [0.3, 0.4) is 0 Å². The number of hydrogen-bond donors (Lipinski definition) is 1. The van der Waals surface area contributed by atoms with Gasteiger partial charge in [-0.15, -0.1) is 0 Å². The minimum absolute atomic E-state index is 0.0332. The van der Waals surface area contributed by atoms with E-state index in [4.69, 9.17) is 9.47 Å². The molecule has 1 aromatic heterocycles. The molecule has 25 heavy (non-hydrogen) atoms. The summed E-state index contributed by atoms with van der Waals surface area (Å²) in [5.41, 5.74) is 0.242. The lowest BCUT2D eigenvalue weighted by Gasteiger charge is -2.35. The number of nitrogens with zero attached hydrogens (tertiary/aromatic N) is 1. The van der Waals surface area contributed by atoms with Gasteiger partial charge in [0.2, 0.25) is 6.10 Å². The van der Waals surface area contributed by atoms with Crippen LogP contribution in [0.25, 0.3) is 0 Å². The molecule has 1 aromatic rings. The summed E-state index contributed by atoms with van der Waals surface area (Å²) in [6.45, 7) is 8.58. The molecule has 136 valence electrons. The SMILES string of the molecule is CCCCC#Cc1cncc(OC(C(=O)OC(C)(C)C)[C@@H]2CCN2)c1. The molecular formula is C20H28N2O3. The second kappa shape index (κ2) is 8.87. The molecular weight excluding hydrogens is 316 g/mol. The molecule has 1 fully saturated rings. The molecule has 0 bridgehead atoms. The van der Waals surface area contributed by atoms with Crippen LogP contribution in [0.1, 0.15) is 58.9 Å². The topological polar surface area (TPSA) is 60.5 Å². The van der Waals surface area contributed by atoms with Crippen LogP contribution in [0.15, 0.2) is 18.5 Å². The molecule has 2 atom stereocenters. The van der Waals surface area contributed by atoms with Gasteiger partial charge in [-0.05, 0) is 46.2 Å². The Bertz CT molecular complexity index is 636. The lowest BCUT2D eigenvalue weighted by molar-refractivity contribution is -0.165. The highest BCUT2D eigenvalue weighted by Crippen LogP contribution is 2.20. The van der Waals surface area contributed by atoms with E-state index in [2.05, 4.69) is 29.1 Å². The molecule has 5 heteroatoms. The quantitative estimate of drug-likeness (QED) is 0.488. The van der Waals surface area contributed by atoms with E-state index < -0.39 is 11.7 Å². The lowest BCUT2D eigenvalue weighted by Crippen LogP contribution is -2.57. The Labute approximate surface area is 150 Å². The molecule has 0 aliphatic carbocycles. The molecule has 0 radical (unpaired) electrons. The van der Waals surface area contributed by atoms with Crippen molar-refractivity contribution >= 4 is 5.97 Å². The highest BCUT2D eigenvalue weighted by atomic mass is 16.6. The summed E-state index contributed by atoms with van der Waals surface area (Å²) >= 11 is 0. The minimum Gasteiger partial charge on any atom is -0.475 e. The van der Waals surface area contributed by atoms with E-state index in [0.29, 0.717) is 5.75 Å². The van der Waals surface area contributed by atoms with Gasteiger partial charge < -0.3 is 14.8 Å². The highest BCUT2D eigenvalue weighted by Gasteiger charge is 2.37. The van der Waals surface area contributed by atoms with E-state index in [1.807, 2.05) is 26.8 Å². The van der Waals surface area contributed by atoms with Crippen molar-refractivity contribution in [1.29, 1.82) is 0 Å². The normalized spacial score (nSPS) is 17.7. The molecule has 1 aliphatic heterocycles. The first-order chi connectivity index (χ1) is 11.9. The van der Waals surface area contributed by atoms with Crippen LogP contribution in [0.4, 0.5) is 0 Å². The number of pyridine rings is 1. The van der Waals surface area contributed by atoms with Crippen molar-refractivity contribution in [2.75, 3.05) is 6.54 Å². The summed E-state index contributed by atoms with van der Waals surface area (Å²) in [5.74, 6) is 6.40. The van der Waals surface area contributed by atoms with Crippen LogP contribution in [-0.4, -0.2) is 35.2 Å². The van der Waals surface area contributed by atoms with Crippen molar-refractivity contribution in [3.63, 3.8) is 0 Å². The number of rotatable bonds is 6. The van der Waals surface area contributed by atoms with Crippen LogP contribution in [-0.2, 0) is 9.53 Å². The molecule has 5 nitrogen and oxygen atoms in total. The van der Waals surface area contributed by atoms with Crippen molar-refractivity contribution in [3.8, 4) is 17.6 Å². The van der Waals surface area contributed by atoms with Crippen LogP contribution in [0, 0.1) is 11.8 Å². The van der Waals surface area contributed by atoms with Crippen LogP contribution >= 0.6 is 0 Å². The molecule has 2 heterocycles. The average Bonchev–Trinajstić information content (AvgIpc) is 2.48.